The zero-order chi connectivity index (χ0) is 11.5. The van der Waals surface area contributed by atoms with Crippen molar-refractivity contribution < 1.29 is 0 Å². The van der Waals surface area contributed by atoms with Crippen LogP contribution in [0.4, 0.5) is 0 Å². The molecule has 1 heterocycles. The maximum absolute atomic E-state index is 3.59. The summed E-state index contributed by atoms with van der Waals surface area (Å²) in [6.45, 7) is 5.44. The van der Waals surface area contributed by atoms with E-state index in [2.05, 4.69) is 58.3 Å². The molecule has 17 heavy (non-hydrogen) atoms. The summed E-state index contributed by atoms with van der Waals surface area (Å²) in [5, 5.41) is 3.41. The average molecular weight is 320 g/mol. The molecule has 1 saturated heterocycles. The molecule has 1 atom stereocenters. The average Bonchev–Trinajstić information content (AvgIpc) is 2.77. The van der Waals surface area contributed by atoms with Crippen LogP contribution in [-0.4, -0.2) is 31.1 Å². The fourth-order valence-electron chi connectivity index (χ4n) is 2.17. The monoisotopic (exact) mass is 318 g/mol. The minimum absolute atomic E-state index is 0. The molecule has 0 bridgehead atoms. The first-order valence-electron chi connectivity index (χ1n) is 5.83. The van der Waals surface area contributed by atoms with Gasteiger partial charge in [0.2, 0.25) is 0 Å². The van der Waals surface area contributed by atoms with Crippen molar-refractivity contribution in [1.82, 2.24) is 10.2 Å². The van der Waals surface area contributed by atoms with Gasteiger partial charge in [-0.05, 0) is 44.1 Å². The van der Waals surface area contributed by atoms with Crippen LogP contribution in [0.5, 0.6) is 0 Å². The van der Waals surface area contributed by atoms with Crippen LogP contribution in [0.25, 0.3) is 0 Å². The summed E-state index contributed by atoms with van der Waals surface area (Å²) in [6.07, 6.45) is 1.27. The lowest BCUT2D eigenvalue weighted by Gasteiger charge is -2.23. The van der Waals surface area contributed by atoms with E-state index in [0.717, 1.165) is 19.6 Å². The standard InChI is InChI=1S/C13H19BrN2.ClH/c1-10-3-4-11(7-13(10)14)9-16(2)12-5-6-15-8-12;/h3-4,7,12,15H,5-6,8-9H2,1-2H3;1H. The molecule has 2 rings (SSSR count). The zero-order valence-corrected chi connectivity index (χ0v) is 12.8. The maximum atomic E-state index is 3.59. The predicted molar refractivity (Wildman–Crippen MR) is 78.9 cm³/mol. The Labute approximate surface area is 118 Å². The zero-order valence-electron chi connectivity index (χ0n) is 10.4. The number of benzene rings is 1. The van der Waals surface area contributed by atoms with Crippen LogP contribution < -0.4 is 5.32 Å². The highest BCUT2D eigenvalue weighted by Gasteiger charge is 2.18. The minimum Gasteiger partial charge on any atom is -0.315 e. The lowest BCUT2D eigenvalue weighted by atomic mass is 10.1. The number of hydrogen-bond acceptors (Lipinski definition) is 2. The van der Waals surface area contributed by atoms with E-state index in [1.165, 1.54) is 22.0 Å². The van der Waals surface area contributed by atoms with E-state index in [1.807, 2.05) is 0 Å². The Morgan fingerprint density at radius 1 is 1.47 bits per heavy atom. The summed E-state index contributed by atoms with van der Waals surface area (Å²) < 4.78 is 1.21. The smallest absolute Gasteiger partial charge is 0.0234 e. The van der Waals surface area contributed by atoms with E-state index in [1.54, 1.807) is 0 Å². The number of nitrogens with one attached hydrogen (secondary N) is 1. The van der Waals surface area contributed by atoms with Gasteiger partial charge in [0, 0.05) is 23.6 Å². The van der Waals surface area contributed by atoms with E-state index in [-0.39, 0.29) is 12.4 Å². The highest BCUT2D eigenvalue weighted by Crippen LogP contribution is 2.19. The van der Waals surface area contributed by atoms with Gasteiger partial charge in [-0.25, -0.2) is 0 Å². The second kappa shape index (κ2) is 6.74. The van der Waals surface area contributed by atoms with Crippen LogP contribution in [0.1, 0.15) is 17.5 Å². The molecule has 0 aliphatic carbocycles. The van der Waals surface area contributed by atoms with Gasteiger partial charge in [0.15, 0.2) is 0 Å². The summed E-state index contributed by atoms with van der Waals surface area (Å²) in [5.41, 5.74) is 2.68. The van der Waals surface area contributed by atoms with E-state index >= 15 is 0 Å². The van der Waals surface area contributed by atoms with E-state index < -0.39 is 0 Å². The molecule has 0 saturated carbocycles. The summed E-state index contributed by atoms with van der Waals surface area (Å²) in [4.78, 5) is 2.44. The maximum Gasteiger partial charge on any atom is 0.0234 e. The first-order valence-corrected chi connectivity index (χ1v) is 6.62. The molecule has 0 aromatic heterocycles. The molecule has 4 heteroatoms. The molecule has 1 aliphatic rings. The van der Waals surface area contributed by atoms with Crippen LogP contribution in [0.2, 0.25) is 0 Å². The van der Waals surface area contributed by atoms with E-state index in [0.29, 0.717) is 6.04 Å². The van der Waals surface area contributed by atoms with Crippen LogP contribution in [0, 0.1) is 6.92 Å². The van der Waals surface area contributed by atoms with Crippen molar-refractivity contribution in [2.24, 2.45) is 0 Å². The molecule has 0 radical (unpaired) electrons. The summed E-state index contributed by atoms with van der Waals surface area (Å²) in [7, 11) is 2.21. The largest absolute Gasteiger partial charge is 0.315 e. The molecule has 1 unspecified atom stereocenters. The third-order valence-electron chi connectivity index (χ3n) is 3.33. The molecule has 1 N–H and O–H groups in total. The number of rotatable bonds is 3. The van der Waals surface area contributed by atoms with Gasteiger partial charge in [-0.15, -0.1) is 12.4 Å². The minimum atomic E-state index is 0. The van der Waals surface area contributed by atoms with Gasteiger partial charge in [0.1, 0.15) is 0 Å². The molecule has 0 amide bonds. The third-order valence-corrected chi connectivity index (χ3v) is 4.18. The number of halogens is 2. The van der Waals surface area contributed by atoms with E-state index in [9.17, 15) is 0 Å². The van der Waals surface area contributed by atoms with Gasteiger partial charge in [-0.2, -0.15) is 0 Å². The van der Waals surface area contributed by atoms with Crippen molar-refractivity contribution in [3.8, 4) is 0 Å². The van der Waals surface area contributed by atoms with Crippen LogP contribution in [0.15, 0.2) is 22.7 Å². The second-order valence-corrected chi connectivity index (χ2v) is 5.50. The Hall–Kier alpha value is -0.0900. The molecule has 0 spiro atoms. The molecule has 1 aliphatic heterocycles. The summed E-state index contributed by atoms with van der Waals surface area (Å²) >= 11 is 3.59. The fourth-order valence-corrected chi connectivity index (χ4v) is 2.59. The van der Waals surface area contributed by atoms with Crippen LogP contribution in [-0.2, 0) is 6.54 Å². The van der Waals surface area contributed by atoms with Crippen molar-refractivity contribution >= 4 is 28.3 Å². The molecule has 96 valence electrons. The molecular weight excluding hydrogens is 300 g/mol. The Morgan fingerprint density at radius 3 is 2.82 bits per heavy atom. The number of nitrogens with zero attached hydrogens (tertiary/aromatic N) is 1. The Kier molecular flexibility index (Phi) is 5.93. The molecule has 1 fully saturated rings. The Bertz CT molecular complexity index is 364. The normalized spacial score (nSPS) is 19.4. The molecular formula is C13H20BrClN2. The molecule has 1 aromatic carbocycles. The quantitative estimate of drug-likeness (QED) is 0.921. The Morgan fingerprint density at radius 2 is 2.24 bits per heavy atom. The van der Waals surface area contributed by atoms with Gasteiger partial charge in [-0.3, -0.25) is 4.90 Å². The lowest BCUT2D eigenvalue weighted by Crippen LogP contribution is -2.32. The van der Waals surface area contributed by atoms with Gasteiger partial charge >= 0.3 is 0 Å². The van der Waals surface area contributed by atoms with E-state index in [4.69, 9.17) is 0 Å². The van der Waals surface area contributed by atoms with Gasteiger partial charge in [0.25, 0.3) is 0 Å². The van der Waals surface area contributed by atoms with Gasteiger partial charge < -0.3 is 5.32 Å². The van der Waals surface area contributed by atoms with Crippen LogP contribution >= 0.6 is 28.3 Å². The van der Waals surface area contributed by atoms with Crippen molar-refractivity contribution in [1.29, 1.82) is 0 Å². The number of likely N-dealkylation sites (N-methyl/N-ethyl adjacent to an activating group) is 1. The van der Waals surface area contributed by atoms with Gasteiger partial charge in [0.05, 0.1) is 0 Å². The highest BCUT2D eigenvalue weighted by atomic mass is 79.9. The molecule has 1 aromatic rings. The highest BCUT2D eigenvalue weighted by molar-refractivity contribution is 9.10. The third kappa shape index (κ3) is 3.95. The number of aryl methyl sites for hydroxylation is 1. The summed E-state index contributed by atoms with van der Waals surface area (Å²) in [6, 6.07) is 7.33. The van der Waals surface area contributed by atoms with Crippen molar-refractivity contribution in [3.05, 3.63) is 33.8 Å². The first kappa shape index (κ1) is 15.0. The second-order valence-electron chi connectivity index (χ2n) is 4.65. The topological polar surface area (TPSA) is 15.3 Å². The first-order chi connectivity index (χ1) is 7.66. The van der Waals surface area contributed by atoms with Crippen molar-refractivity contribution in [3.63, 3.8) is 0 Å². The summed E-state index contributed by atoms with van der Waals surface area (Å²) in [5.74, 6) is 0. The lowest BCUT2D eigenvalue weighted by molar-refractivity contribution is 0.249. The van der Waals surface area contributed by atoms with Gasteiger partial charge in [-0.1, -0.05) is 28.1 Å². The predicted octanol–water partition coefficient (Wildman–Crippen LogP) is 2.97. The van der Waals surface area contributed by atoms with Crippen molar-refractivity contribution in [2.45, 2.75) is 25.9 Å². The fraction of sp³-hybridized carbons (Fsp3) is 0.538. The molecule has 2 nitrogen and oxygen atoms in total. The van der Waals surface area contributed by atoms with Crippen molar-refractivity contribution in [2.75, 3.05) is 20.1 Å². The SMILES string of the molecule is Cc1ccc(CN(C)C2CCNC2)cc1Br.Cl. The van der Waals surface area contributed by atoms with Crippen LogP contribution in [0.3, 0.4) is 0 Å². The number of hydrogen-bond donors (Lipinski definition) is 1. The Balaban J connectivity index is 0.00000144.